The molecule has 0 N–H and O–H groups in total. The average molecular weight is 431 g/mol. The van der Waals surface area contributed by atoms with E-state index in [0.29, 0.717) is 33.3 Å². The predicted molar refractivity (Wildman–Crippen MR) is 121 cm³/mol. The summed E-state index contributed by atoms with van der Waals surface area (Å²) in [6, 6.07) is 17.5. The number of benzene rings is 2. The molecule has 5 rings (SSSR count). The predicted octanol–water partition coefficient (Wildman–Crippen LogP) is 5.71. The summed E-state index contributed by atoms with van der Waals surface area (Å²) in [5.74, 6) is 0.483. The third kappa shape index (κ3) is 3.13. The molecule has 5 nitrogen and oxygen atoms in total. The van der Waals surface area contributed by atoms with Crippen LogP contribution in [0.2, 0.25) is 5.02 Å². The van der Waals surface area contributed by atoms with Gasteiger partial charge in [-0.2, -0.15) is 0 Å². The minimum absolute atomic E-state index is 0.0448. The maximum absolute atomic E-state index is 13.5. The minimum atomic E-state index is -0.641. The Morgan fingerprint density at radius 1 is 1.03 bits per heavy atom. The van der Waals surface area contributed by atoms with Crippen molar-refractivity contribution in [2.75, 3.05) is 4.90 Å². The highest BCUT2D eigenvalue weighted by atomic mass is 35.5. The first kappa shape index (κ1) is 19.5. The number of hydrogen-bond donors (Lipinski definition) is 0. The van der Waals surface area contributed by atoms with Crippen LogP contribution >= 0.6 is 11.6 Å². The number of pyridine rings is 1. The zero-order valence-corrected chi connectivity index (χ0v) is 17.8. The lowest BCUT2D eigenvalue weighted by Crippen LogP contribution is -2.30. The monoisotopic (exact) mass is 430 g/mol. The molecule has 1 amide bonds. The van der Waals surface area contributed by atoms with Gasteiger partial charge in [-0.1, -0.05) is 55.8 Å². The van der Waals surface area contributed by atoms with Gasteiger partial charge in [0.15, 0.2) is 5.43 Å². The first-order valence-corrected chi connectivity index (χ1v) is 10.4. The molecule has 1 aliphatic heterocycles. The van der Waals surface area contributed by atoms with Crippen LogP contribution < -0.4 is 10.3 Å². The summed E-state index contributed by atoms with van der Waals surface area (Å²) in [5.41, 5.74) is 2.37. The smallest absolute Gasteiger partial charge is 0.296 e. The van der Waals surface area contributed by atoms with Crippen LogP contribution in [0.1, 0.15) is 53.1 Å². The van der Waals surface area contributed by atoms with E-state index in [4.69, 9.17) is 16.0 Å². The summed E-state index contributed by atoms with van der Waals surface area (Å²) >= 11 is 6.13. The Morgan fingerprint density at radius 2 is 1.81 bits per heavy atom. The molecule has 2 aromatic heterocycles. The molecule has 2 aromatic carbocycles. The number of amides is 1. The molecule has 4 aromatic rings. The van der Waals surface area contributed by atoms with Crippen LogP contribution in [0.5, 0.6) is 0 Å². The molecule has 6 heteroatoms. The number of rotatable bonds is 3. The first-order valence-electron chi connectivity index (χ1n) is 10.1. The second kappa shape index (κ2) is 7.36. The Hall–Kier alpha value is -3.44. The molecule has 0 fully saturated rings. The second-order valence-electron chi connectivity index (χ2n) is 7.90. The zero-order chi connectivity index (χ0) is 21.7. The van der Waals surface area contributed by atoms with Gasteiger partial charge in [0, 0.05) is 11.2 Å². The summed E-state index contributed by atoms with van der Waals surface area (Å²) in [4.78, 5) is 32.9. The third-order valence-electron chi connectivity index (χ3n) is 5.65. The molecule has 1 unspecified atom stereocenters. The molecule has 0 saturated carbocycles. The van der Waals surface area contributed by atoms with Crippen LogP contribution in [0.15, 0.2) is 76.1 Å². The number of fused-ring (bicyclic) bond motifs is 2. The van der Waals surface area contributed by atoms with Crippen molar-refractivity contribution in [2.45, 2.75) is 25.8 Å². The van der Waals surface area contributed by atoms with Gasteiger partial charge in [0.25, 0.3) is 5.91 Å². The summed E-state index contributed by atoms with van der Waals surface area (Å²) in [7, 11) is 0. The van der Waals surface area contributed by atoms with Crippen molar-refractivity contribution in [3.05, 3.63) is 105 Å². The van der Waals surface area contributed by atoms with Crippen LogP contribution in [0.25, 0.3) is 11.0 Å². The SMILES string of the molecule is CC(C)c1ccc(C2c3c(oc4ccc(Cl)cc4c3=O)C(=O)N2c2ccccn2)cc1. The minimum Gasteiger partial charge on any atom is -0.450 e. The van der Waals surface area contributed by atoms with Gasteiger partial charge in [-0.25, -0.2) is 4.98 Å². The molecule has 1 atom stereocenters. The van der Waals surface area contributed by atoms with E-state index < -0.39 is 6.04 Å². The van der Waals surface area contributed by atoms with Crippen LogP contribution in [-0.2, 0) is 0 Å². The third-order valence-corrected chi connectivity index (χ3v) is 5.88. The van der Waals surface area contributed by atoms with Crippen molar-refractivity contribution in [1.29, 1.82) is 0 Å². The van der Waals surface area contributed by atoms with Crippen molar-refractivity contribution in [3.63, 3.8) is 0 Å². The second-order valence-corrected chi connectivity index (χ2v) is 8.34. The molecule has 31 heavy (non-hydrogen) atoms. The van der Waals surface area contributed by atoms with E-state index in [-0.39, 0.29) is 17.1 Å². The fraction of sp³-hybridized carbons (Fsp3) is 0.160. The maximum Gasteiger partial charge on any atom is 0.296 e. The highest BCUT2D eigenvalue weighted by Gasteiger charge is 2.44. The number of nitrogens with zero attached hydrogens (tertiary/aromatic N) is 2. The molecule has 0 radical (unpaired) electrons. The fourth-order valence-electron chi connectivity index (χ4n) is 4.06. The van der Waals surface area contributed by atoms with Crippen LogP contribution in [0, 0.1) is 0 Å². The van der Waals surface area contributed by atoms with Crippen molar-refractivity contribution >= 4 is 34.3 Å². The number of halogens is 1. The van der Waals surface area contributed by atoms with Gasteiger partial charge in [-0.3, -0.25) is 14.5 Å². The first-order chi connectivity index (χ1) is 15.0. The van der Waals surface area contributed by atoms with Crippen LogP contribution in [-0.4, -0.2) is 10.9 Å². The van der Waals surface area contributed by atoms with Gasteiger partial charge >= 0.3 is 0 Å². The number of anilines is 1. The Morgan fingerprint density at radius 3 is 2.48 bits per heavy atom. The van der Waals surface area contributed by atoms with E-state index in [1.807, 2.05) is 30.3 Å². The average Bonchev–Trinajstić information content (AvgIpc) is 3.07. The Kier molecular flexibility index (Phi) is 4.63. The number of aromatic nitrogens is 1. The van der Waals surface area contributed by atoms with E-state index >= 15 is 0 Å². The van der Waals surface area contributed by atoms with Crippen LogP contribution in [0.4, 0.5) is 5.82 Å². The van der Waals surface area contributed by atoms with Crippen molar-refractivity contribution < 1.29 is 9.21 Å². The van der Waals surface area contributed by atoms with E-state index in [0.717, 1.165) is 5.56 Å². The quantitative estimate of drug-likeness (QED) is 0.417. The molecular weight excluding hydrogens is 412 g/mol. The fourth-order valence-corrected chi connectivity index (χ4v) is 4.23. The van der Waals surface area contributed by atoms with E-state index in [9.17, 15) is 9.59 Å². The summed E-state index contributed by atoms with van der Waals surface area (Å²) in [6.45, 7) is 4.24. The number of carbonyl (C=O) groups is 1. The molecule has 1 aliphatic rings. The standard InChI is InChI=1S/C25H19ClN2O3/c1-14(2)15-6-8-16(9-7-15)22-21-23(29)18-13-17(26)10-11-19(18)31-24(21)25(30)28(22)20-5-3-4-12-27-20/h3-14,22H,1-2H3. The van der Waals surface area contributed by atoms with Gasteiger partial charge in [0.2, 0.25) is 5.76 Å². The Bertz CT molecular complexity index is 1360. The molecule has 154 valence electrons. The van der Waals surface area contributed by atoms with Crippen molar-refractivity contribution in [1.82, 2.24) is 4.98 Å². The van der Waals surface area contributed by atoms with Gasteiger partial charge in [-0.05, 0) is 47.4 Å². The largest absolute Gasteiger partial charge is 0.450 e. The number of hydrogen-bond acceptors (Lipinski definition) is 4. The molecule has 0 aliphatic carbocycles. The van der Waals surface area contributed by atoms with Crippen molar-refractivity contribution in [3.8, 4) is 0 Å². The van der Waals surface area contributed by atoms with E-state index in [2.05, 4.69) is 18.8 Å². The Balaban J connectivity index is 1.78. The lowest BCUT2D eigenvalue weighted by atomic mass is 9.95. The molecule has 0 saturated heterocycles. The lowest BCUT2D eigenvalue weighted by Gasteiger charge is -2.24. The number of carbonyl (C=O) groups excluding carboxylic acids is 1. The summed E-state index contributed by atoms with van der Waals surface area (Å²) in [6.07, 6.45) is 1.62. The molecule has 0 bridgehead atoms. The Labute approximate surface area is 183 Å². The lowest BCUT2D eigenvalue weighted by molar-refractivity contribution is 0.0970. The van der Waals surface area contributed by atoms with Gasteiger partial charge in [-0.15, -0.1) is 0 Å². The summed E-state index contributed by atoms with van der Waals surface area (Å²) < 4.78 is 5.94. The van der Waals surface area contributed by atoms with Crippen LogP contribution in [0.3, 0.4) is 0 Å². The normalized spacial score (nSPS) is 15.7. The van der Waals surface area contributed by atoms with Gasteiger partial charge < -0.3 is 4.42 Å². The molecular formula is C25H19ClN2O3. The molecule has 3 heterocycles. The maximum atomic E-state index is 13.5. The highest BCUT2D eigenvalue weighted by Crippen LogP contribution is 2.40. The topological polar surface area (TPSA) is 63.4 Å². The molecule has 0 spiro atoms. The van der Waals surface area contributed by atoms with E-state index in [1.54, 1.807) is 36.5 Å². The summed E-state index contributed by atoms with van der Waals surface area (Å²) in [5, 5.41) is 0.786. The van der Waals surface area contributed by atoms with Gasteiger partial charge in [0.05, 0.1) is 17.0 Å². The zero-order valence-electron chi connectivity index (χ0n) is 17.0. The van der Waals surface area contributed by atoms with Gasteiger partial charge in [0.1, 0.15) is 11.4 Å². The highest BCUT2D eigenvalue weighted by molar-refractivity contribution is 6.31. The van der Waals surface area contributed by atoms with Crippen molar-refractivity contribution in [2.24, 2.45) is 0 Å². The van der Waals surface area contributed by atoms with E-state index in [1.165, 1.54) is 10.5 Å².